The molecule has 6 heteroatoms. The maximum absolute atomic E-state index is 13.0. The molecule has 25 heavy (non-hydrogen) atoms. The molecule has 1 saturated heterocycles. The van der Waals surface area contributed by atoms with E-state index < -0.39 is 0 Å². The van der Waals surface area contributed by atoms with Gasteiger partial charge in [-0.1, -0.05) is 18.2 Å². The third-order valence-corrected chi connectivity index (χ3v) is 4.87. The number of carbonyl (C=O) groups is 1. The van der Waals surface area contributed by atoms with Gasteiger partial charge in [0.2, 0.25) is 0 Å². The number of amides is 1. The lowest BCUT2D eigenvalue weighted by molar-refractivity contribution is 0.0678. The first-order valence-electron chi connectivity index (χ1n) is 8.61. The summed E-state index contributed by atoms with van der Waals surface area (Å²) in [5, 5.41) is 4.42. The van der Waals surface area contributed by atoms with Crippen LogP contribution in [0.25, 0.3) is 5.69 Å². The second kappa shape index (κ2) is 6.55. The van der Waals surface area contributed by atoms with Crippen LogP contribution in [0.4, 0.5) is 0 Å². The molecule has 0 bridgehead atoms. The fraction of sp³-hybridized carbons (Fsp3) is 0.316. The molecule has 0 aliphatic carbocycles. The van der Waals surface area contributed by atoms with E-state index in [2.05, 4.69) is 14.6 Å². The Morgan fingerprint density at radius 1 is 1.24 bits per heavy atom. The maximum Gasteiger partial charge on any atom is 0.257 e. The lowest BCUT2D eigenvalue weighted by atomic mass is 10.0. The van der Waals surface area contributed by atoms with Crippen LogP contribution in [-0.4, -0.2) is 43.2 Å². The molecule has 1 unspecified atom stereocenters. The van der Waals surface area contributed by atoms with Gasteiger partial charge in [0.1, 0.15) is 0 Å². The number of para-hydroxylation sites is 1. The molecule has 6 nitrogen and oxygen atoms in total. The van der Waals surface area contributed by atoms with Crippen molar-refractivity contribution in [3.8, 4) is 5.69 Å². The first-order valence-corrected chi connectivity index (χ1v) is 8.61. The summed E-state index contributed by atoms with van der Waals surface area (Å²) < 4.78 is 3.92. The van der Waals surface area contributed by atoms with E-state index in [0.29, 0.717) is 18.2 Å². The Morgan fingerprint density at radius 2 is 2.08 bits per heavy atom. The maximum atomic E-state index is 13.0. The molecule has 3 aromatic rings. The third-order valence-electron chi connectivity index (χ3n) is 4.87. The van der Waals surface area contributed by atoms with Gasteiger partial charge in [-0.2, -0.15) is 5.10 Å². The second-order valence-electron chi connectivity index (χ2n) is 6.45. The molecule has 128 valence electrons. The summed E-state index contributed by atoms with van der Waals surface area (Å²) in [6.45, 7) is 3.45. The SMILES string of the molecule is Cc1c(C(=O)N2CCCC(n3ccnc3)C2)cnn1-c1ccccc1. The summed E-state index contributed by atoms with van der Waals surface area (Å²) in [5.74, 6) is 0.0597. The van der Waals surface area contributed by atoms with Crippen LogP contribution in [0.2, 0.25) is 0 Å². The van der Waals surface area contributed by atoms with Crippen molar-refractivity contribution in [2.75, 3.05) is 13.1 Å². The zero-order chi connectivity index (χ0) is 17.2. The van der Waals surface area contributed by atoms with Gasteiger partial charge in [-0.15, -0.1) is 0 Å². The van der Waals surface area contributed by atoms with Crippen LogP contribution in [-0.2, 0) is 0 Å². The van der Waals surface area contributed by atoms with E-state index in [1.807, 2.05) is 59.4 Å². The molecule has 0 N–H and O–H groups in total. The summed E-state index contributed by atoms with van der Waals surface area (Å²) in [7, 11) is 0. The van der Waals surface area contributed by atoms with Crippen LogP contribution in [0.5, 0.6) is 0 Å². The van der Waals surface area contributed by atoms with E-state index >= 15 is 0 Å². The molecule has 1 aliphatic rings. The highest BCUT2D eigenvalue weighted by molar-refractivity contribution is 5.95. The molecule has 0 saturated carbocycles. The molecule has 1 amide bonds. The van der Waals surface area contributed by atoms with Gasteiger partial charge in [0.05, 0.1) is 35.5 Å². The van der Waals surface area contributed by atoms with E-state index in [1.54, 1.807) is 12.4 Å². The smallest absolute Gasteiger partial charge is 0.257 e. The Labute approximate surface area is 146 Å². The van der Waals surface area contributed by atoms with Crippen LogP contribution < -0.4 is 0 Å². The predicted octanol–water partition coefficient (Wildman–Crippen LogP) is 2.85. The van der Waals surface area contributed by atoms with Crippen molar-refractivity contribution in [3.63, 3.8) is 0 Å². The predicted molar refractivity (Wildman–Crippen MR) is 94.7 cm³/mol. The van der Waals surface area contributed by atoms with Gasteiger partial charge in [-0.3, -0.25) is 4.79 Å². The molecule has 2 aromatic heterocycles. The average molecular weight is 335 g/mol. The first-order chi connectivity index (χ1) is 12.2. The summed E-state index contributed by atoms with van der Waals surface area (Å²) in [4.78, 5) is 19.1. The molecule has 0 spiro atoms. The van der Waals surface area contributed by atoms with Crippen molar-refractivity contribution in [2.45, 2.75) is 25.8 Å². The van der Waals surface area contributed by atoms with Crippen LogP contribution in [0.3, 0.4) is 0 Å². The van der Waals surface area contributed by atoms with Crippen molar-refractivity contribution >= 4 is 5.91 Å². The van der Waals surface area contributed by atoms with E-state index in [4.69, 9.17) is 0 Å². The van der Waals surface area contributed by atoms with Gasteiger partial charge >= 0.3 is 0 Å². The van der Waals surface area contributed by atoms with E-state index in [-0.39, 0.29) is 5.91 Å². The minimum absolute atomic E-state index is 0.0597. The van der Waals surface area contributed by atoms with E-state index in [1.165, 1.54) is 0 Å². The van der Waals surface area contributed by atoms with Gasteiger partial charge in [0.15, 0.2) is 0 Å². The number of rotatable bonds is 3. The van der Waals surface area contributed by atoms with Crippen LogP contribution >= 0.6 is 0 Å². The van der Waals surface area contributed by atoms with Crippen molar-refractivity contribution in [1.29, 1.82) is 0 Å². The standard InChI is InChI=1S/C19H21N5O/c1-15-18(12-21-24(15)16-6-3-2-4-7-16)19(25)22-10-5-8-17(13-22)23-11-9-20-14-23/h2-4,6-7,9,11-12,14,17H,5,8,10,13H2,1H3. The third kappa shape index (κ3) is 2.95. The van der Waals surface area contributed by atoms with Gasteiger partial charge in [0.25, 0.3) is 5.91 Å². The Kier molecular flexibility index (Phi) is 4.09. The second-order valence-corrected chi connectivity index (χ2v) is 6.45. The molecule has 3 heterocycles. The highest BCUT2D eigenvalue weighted by Crippen LogP contribution is 2.24. The minimum atomic E-state index is 0.0597. The van der Waals surface area contributed by atoms with Crippen molar-refractivity contribution < 1.29 is 4.79 Å². The molecule has 4 rings (SSSR count). The van der Waals surface area contributed by atoms with Gasteiger partial charge in [-0.25, -0.2) is 9.67 Å². The highest BCUT2D eigenvalue weighted by Gasteiger charge is 2.27. The Balaban J connectivity index is 1.56. The molecule has 1 atom stereocenters. The fourth-order valence-electron chi connectivity index (χ4n) is 3.49. The van der Waals surface area contributed by atoms with Crippen molar-refractivity contribution in [1.82, 2.24) is 24.2 Å². The zero-order valence-corrected chi connectivity index (χ0v) is 14.2. The number of carbonyl (C=O) groups excluding carboxylic acids is 1. The number of hydrogen-bond acceptors (Lipinski definition) is 3. The average Bonchev–Trinajstić information content (AvgIpc) is 3.32. The molecule has 0 radical (unpaired) electrons. The number of benzene rings is 1. The van der Waals surface area contributed by atoms with Crippen LogP contribution in [0.15, 0.2) is 55.2 Å². The molecule has 1 aliphatic heterocycles. The van der Waals surface area contributed by atoms with Gasteiger partial charge in [-0.05, 0) is 31.9 Å². The lowest BCUT2D eigenvalue weighted by Crippen LogP contribution is -2.40. The Hall–Kier alpha value is -2.89. The molecule has 1 fully saturated rings. The number of imidazole rings is 1. The highest BCUT2D eigenvalue weighted by atomic mass is 16.2. The number of hydrogen-bond donors (Lipinski definition) is 0. The van der Waals surface area contributed by atoms with Crippen molar-refractivity contribution in [2.24, 2.45) is 0 Å². The first kappa shape index (κ1) is 15.6. The van der Waals surface area contributed by atoms with Crippen molar-refractivity contribution in [3.05, 3.63) is 66.5 Å². The quantitative estimate of drug-likeness (QED) is 0.739. The van der Waals surface area contributed by atoms with E-state index in [9.17, 15) is 4.79 Å². The number of likely N-dealkylation sites (tertiary alicyclic amines) is 1. The zero-order valence-electron chi connectivity index (χ0n) is 14.2. The monoisotopic (exact) mass is 335 g/mol. The molecule has 1 aromatic carbocycles. The summed E-state index contributed by atoms with van der Waals surface area (Å²) >= 11 is 0. The number of piperidine rings is 1. The normalized spacial score (nSPS) is 17.6. The Morgan fingerprint density at radius 3 is 2.84 bits per heavy atom. The topological polar surface area (TPSA) is 56.0 Å². The lowest BCUT2D eigenvalue weighted by Gasteiger charge is -2.33. The summed E-state index contributed by atoms with van der Waals surface area (Å²) in [5.41, 5.74) is 2.52. The van der Waals surface area contributed by atoms with Gasteiger partial charge < -0.3 is 9.47 Å². The summed E-state index contributed by atoms with van der Waals surface area (Å²) in [6, 6.07) is 10.2. The van der Waals surface area contributed by atoms with E-state index in [0.717, 1.165) is 30.8 Å². The van der Waals surface area contributed by atoms with Crippen LogP contribution in [0.1, 0.15) is 34.9 Å². The van der Waals surface area contributed by atoms with Gasteiger partial charge in [0, 0.05) is 25.5 Å². The van der Waals surface area contributed by atoms with Crippen LogP contribution in [0, 0.1) is 6.92 Å². The number of aromatic nitrogens is 4. The Bertz CT molecular complexity index is 853. The number of nitrogens with zero attached hydrogens (tertiary/aromatic N) is 5. The largest absolute Gasteiger partial charge is 0.336 e. The minimum Gasteiger partial charge on any atom is -0.336 e. The molecular formula is C19H21N5O. The fourth-order valence-corrected chi connectivity index (χ4v) is 3.49. The summed E-state index contributed by atoms with van der Waals surface area (Å²) in [6.07, 6.45) is 9.35. The molecular weight excluding hydrogens is 314 g/mol.